The van der Waals surface area contributed by atoms with Crippen LogP contribution >= 0.6 is 23.4 Å². The van der Waals surface area contributed by atoms with E-state index in [-0.39, 0.29) is 0 Å². The molecule has 0 atom stereocenters. The molecule has 158 valence electrons. The van der Waals surface area contributed by atoms with Crippen molar-refractivity contribution in [1.29, 1.82) is 0 Å². The Morgan fingerprint density at radius 3 is 2.41 bits per heavy atom. The van der Waals surface area contributed by atoms with Crippen LogP contribution in [0.25, 0.3) is 28.5 Å². The maximum Gasteiger partial charge on any atom is 0.247 e. The maximum absolute atomic E-state index is 6.11. The molecule has 0 bridgehead atoms. The molecule has 2 aromatic heterocycles. The van der Waals surface area contributed by atoms with Gasteiger partial charge in [-0.05, 0) is 49.4 Å². The van der Waals surface area contributed by atoms with Crippen LogP contribution in [-0.4, -0.2) is 25.0 Å². The number of benzene rings is 3. The van der Waals surface area contributed by atoms with Crippen LogP contribution in [0, 0.1) is 6.92 Å². The van der Waals surface area contributed by atoms with Crippen molar-refractivity contribution in [3.63, 3.8) is 0 Å². The first-order chi connectivity index (χ1) is 15.7. The van der Waals surface area contributed by atoms with Crippen molar-refractivity contribution in [2.45, 2.75) is 17.8 Å². The van der Waals surface area contributed by atoms with Crippen LogP contribution < -0.4 is 0 Å². The van der Waals surface area contributed by atoms with E-state index in [2.05, 4.69) is 39.5 Å². The van der Waals surface area contributed by atoms with Crippen molar-refractivity contribution in [3.8, 4) is 28.5 Å². The Labute approximate surface area is 194 Å². The SMILES string of the molecule is Cc1cccc(-c2nnc(SCc3nnc(-c4ccccc4)o3)n2-c2ccc(Cl)cc2)c1. The molecule has 32 heavy (non-hydrogen) atoms. The third-order valence-electron chi connectivity index (χ3n) is 4.81. The molecule has 0 aliphatic heterocycles. The van der Waals surface area contributed by atoms with Crippen LogP contribution in [0.1, 0.15) is 11.5 Å². The van der Waals surface area contributed by atoms with E-state index in [1.54, 1.807) is 0 Å². The van der Waals surface area contributed by atoms with Crippen LogP contribution in [-0.2, 0) is 5.75 Å². The van der Waals surface area contributed by atoms with Crippen LogP contribution in [0.2, 0.25) is 5.02 Å². The second-order valence-corrected chi connectivity index (χ2v) is 8.52. The Hall–Kier alpha value is -3.42. The lowest BCUT2D eigenvalue weighted by molar-refractivity contribution is 0.528. The zero-order valence-corrected chi connectivity index (χ0v) is 18.7. The van der Waals surface area contributed by atoms with Gasteiger partial charge in [-0.3, -0.25) is 4.57 Å². The molecule has 0 aliphatic rings. The first-order valence-electron chi connectivity index (χ1n) is 9.96. The molecule has 0 amide bonds. The summed E-state index contributed by atoms with van der Waals surface area (Å²) in [5.41, 5.74) is 3.96. The molecule has 5 aromatic rings. The van der Waals surface area contributed by atoms with Gasteiger partial charge in [-0.15, -0.1) is 20.4 Å². The van der Waals surface area contributed by atoms with Gasteiger partial charge < -0.3 is 4.42 Å². The highest BCUT2D eigenvalue weighted by atomic mass is 35.5. The summed E-state index contributed by atoms with van der Waals surface area (Å²) in [6.45, 7) is 2.06. The summed E-state index contributed by atoms with van der Waals surface area (Å²) in [6.07, 6.45) is 0. The molecule has 0 N–H and O–H groups in total. The summed E-state index contributed by atoms with van der Waals surface area (Å²) < 4.78 is 7.86. The second kappa shape index (κ2) is 8.98. The Morgan fingerprint density at radius 2 is 1.62 bits per heavy atom. The lowest BCUT2D eigenvalue weighted by Crippen LogP contribution is -2.00. The second-order valence-electron chi connectivity index (χ2n) is 7.14. The van der Waals surface area contributed by atoms with E-state index < -0.39 is 0 Å². The number of nitrogens with zero attached hydrogens (tertiary/aromatic N) is 5. The van der Waals surface area contributed by atoms with Gasteiger partial charge in [-0.2, -0.15) is 0 Å². The number of hydrogen-bond acceptors (Lipinski definition) is 6. The Balaban J connectivity index is 1.46. The van der Waals surface area contributed by atoms with Gasteiger partial charge >= 0.3 is 0 Å². The van der Waals surface area contributed by atoms with Gasteiger partial charge in [-0.1, -0.05) is 65.3 Å². The van der Waals surface area contributed by atoms with Crippen molar-refractivity contribution in [1.82, 2.24) is 25.0 Å². The van der Waals surface area contributed by atoms with E-state index in [9.17, 15) is 0 Å². The third-order valence-corrected chi connectivity index (χ3v) is 5.97. The quantitative estimate of drug-likeness (QED) is 0.280. The van der Waals surface area contributed by atoms with Crippen LogP contribution in [0.5, 0.6) is 0 Å². The highest BCUT2D eigenvalue weighted by Crippen LogP contribution is 2.31. The van der Waals surface area contributed by atoms with Gasteiger partial charge in [0.15, 0.2) is 11.0 Å². The minimum absolute atomic E-state index is 0.472. The summed E-state index contributed by atoms with van der Waals surface area (Å²) >= 11 is 7.60. The van der Waals surface area contributed by atoms with E-state index in [0.29, 0.717) is 22.6 Å². The average molecular weight is 460 g/mol. The zero-order chi connectivity index (χ0) is 21.9. The minimum atomic E-state index is 0.472. The summed E-state index contributed by atoms with van der Waals surface area (Å²) in [7, 11) is 0. The molecule has 0 saturated heterocycles. The van der Waals surface area contributed by atoms with Gasteiger partial charge in [0, 0.05) is 21.8 Å². The highest BCUT2D eigenvalue weighted by molar-refractivity contribution is 7.98. The summed E-state index contributed by atoms with van der Waals surface area (Å²) in [5, 5.41) is 18.7. The fraction of sp³-hybridized carbons (Fsp3) is 0.0833. The van der Waals surface area contributed by atoms with Crippen LogP contribution in [0.3, 0.4) is 0 Å². The molecule has 0 unspecified atom stereocenters. The normalized spacial score (nSPS) is 11.1. The summed E-state index contributed by atoms with van der Waals surface area (Å²) in [6, 6.07) is 25.5. The summed E-state index contributed by atoms with van der Waals surface area (Å²) in [5.74, 6) is 2.26. The Morgan fingerprint density at radius 1 is 0.844 bits per heavy atom. The van der Waals surface area contributed by atoms with E-state index in [0.717, 1.165) is 33.4 Å². The first-order valence-corrected chi connectivity index (χ1v) is 11.3. The molecule has 2 heterocycles. The van der Waals surface area contributed by atoms with Crippen molar-refractivity contribution in [2.75, 3.05) is 0 Å². The van der Waals surface area contributed by atoms with Crippen molar-refractivity contribution >= 4 is 23.4 Å². The number of hydrogen-bond donors (Lipinski definition) is 0. The van der Waals surface area contributed by atoms with Crippen molar-refractivity contribution in [2.24, 2.45) is 0 Å². The molecular formula is C24H18ClN5OS. The molecule has 0 saturated carbocycles. The van der Waals surface area contributed by atoms with Crippen molar-refractivity contribution < 1.29 is 4.42 Å². The fourth-order valence-electron chi connectivity index (χ4n) is 3.29. The van der Waals surface area contributed by atoms with Crippen LogP contribution in [0.4, 0.5) is 0 Å². The minimum Gasteiger partial charge on any atom is -0.420 e. The summed E-state index contributed by atoms with van der Waals surface area (Å²) in [4.78, 5) is 0. The van der Waals surface area contributed by atoms with Gasteiger partial charge in [-0.25, -0.2) is 0 Å². The first kappa shape index (κ1) is 20.5. The molecule has 0 radical (unpaired) electrons. The molecular weight excluding hydrogens is 442 g/mol. The number of aryl methyl sites for hydroxylation is 1. The van der Waals surface area contributed by atoms with E-state index in [4.69, 9.17) is 16.0 Å². The molecule has 5 rings (SSSR count). The number of halogens is 1. The largest absolute Gasteiger partial charge is 0.420 e. The average Bonchev–Trinajstić information content (AvgIpc) is 3.46. The highest BCUT2D eigenvalue weighted by Gasteiger charge is 2.18. The molecule has 0 aliphatic carbocycles. The molecule has 3 aromatic carbocycles. The standard InChI is InChI=1S/C24H18ClN5OS/c1-16-6-5-9-18(14-16)22-27-29-24(30(22)20-12-10-19(25)11-13-20)32-15-21-26-28-23(31-21)17-7-3-2-4-8-17/h2-14H,15H2,1H3. The van der Waals surface area contributed by atoms with E-state index >= 15 is 0 Å². The lowest BCUT2D eigenvalue weighted by atomic mass is 10.1. The number of thioether (sulfide) groups is 1. The number of aromatic nitrogens is 5. The molecule has 8 heteroatoms. The fourth-order valence-corrected chi connectivity index (χ4v) is 4.21. The third kappa shape index (κ3) is 4.30. The van der Waals surface area contributed by atoms with Gasteiger partial charge in [0.1, 0.15) is 0 Å². The van der Waals surface area contributed by atoms with Crippen molar-refractivity contribution in [3.05, 3.63) is 95.3 Å². The van der Waals surface area contributed by atoms with Gasteiger partial charge in [0.05, 0.1) is 5.75 Å². The number of rotatable bonds is 6. The molecule has 0 spiro atoms. The maximum atomic E-state index is 6.11. The zero-order valence-electron chi connectivity index (χ0n) is 17.1. The lowest BCUT2D eigenvalue weighted by Gasteiger charge is -2.10. The van der Waals surface area contributed by atoms with Gasteiger partial charge in [0.25, 0.3) is 0 Å². The van der Waals surface area contributed by atoms with E-state index in [1.165, 1.54) is 11.8 Å². The predicted octanol–water partition coefficient (Wildman–Crippen LogP) is 6.24. The Kier molecular flexibility index (Phi) is 5.75. The van der Waals surface area contributed by atoms with Crippen LogP contribution in [0.15, 0.2) is 88.4 Å². The monoisotopic (exact) mass is 459 g/mol. The van der Waals surface area contributed by atoms with Gasteiger partial charge in [0.2, 0.25) is 11.8 Å². The van der Waals surface area contributed by atoms with E-state index in [1.807, 2.05) is 71.3 Å². The Bertz CT molecular complexity index is 1350. The molecule has 6 nitrogen and oxygen atoms in total. The predicted molar refractivity (Wildman–Crippen MR) is 126 cm³/mol. The topological polar surface area (TPSA) is 69.6 Å². The smallest absolute Gasteiger partial charge is 0.247 e. The molecule has 0 fully saturated rings.